The number of hydrogen-bond acceptors (Lipinski definition) is 2. The Labute approximate surface area is 146 Å². The summed E-state index contributed by atoms with van der Waals surface area (Å²) < 4.78 is 0. The fourth-order valence-electron chi connectivity index (χ4n) is 3.15. The normalized spacial score (nSPS) is 10.7. The van der Waals surface area contributed by atoms with Crippen LogP contribution in [0.3, 0.4) is 0 Å². The van der Waals surface area contributed by atoms with Gasteiger partial charge in [-0.3, -0.25) is 9.78 Å². The van der Waals surface area contributed by atoms with Gasteiger partial charge < -0.3 is 0 Å². The molecule has 4 rings (SSSR count). The van der Waals surface area contributed by atoms with Crippen LogP contribution in [0.4, 0.5) is 0 Å². The molecule has 0 fully saturated rings. The lowest BCUT2D eigenvalue weighted by Crippen LogP contribution is -1.99. The number of aromatic nitrogens is 1. The van der Waals surface area contributed by atoms with E-state index in [-0.39, 0.29) is 0 Å². The molecule has 1 aromatic heterocycles. The van der Waals surface area contributed by atoms with Crippen LogP contribution in [0.1, 0.15) is 21.6 Å². The molecule has 0 atom stereocenters. The van der Waals surface area contributed by atoms with Gasteiger partial charge in [0.2, 0.25) is 0 Å². The predicted molar refractivity (Wildman–Crippen MR) is 102 cm³/mol. The molecule has 0 saturated heterocycles. The van der Waals surface area contributed by atoms with Crippen molar-refractivity contribution in [2.45, 2.75) is 6.42 Å². The van der Waals surface area contributed by atoms with E-state index < -0.39 is 0 Å². The monoisotopic (exact) mass is 323 g/mol. The Kier molecular flexibility index (Phi) is 4.09. The van der Waals surface area contributed by atoms with Gasteiger partial charge in [-0.15, -0.1) is 0 Å². The van der Waals surface area contributed by atoms with Crippen molar-refractivity contribution in [2.24, 2.45) is 0 Å². The lowest BCUT2D eigenvalue weighted by molar-refractivity contribution is 0.112. The van der Waals surface area contributed by atoms with Gasteiger partial charge in [0.25, 0.3) is 0 Å². The molecule has 0 radical (unpaired) electrons. The molecule has 2 heteroatoms. The molecule has 1 heterocycles. The fourth-order valence-corrected chi connectivity index (χ4v) is 3.15. The lowest BCUT2D eigenvalue weighted by Gasteiger charge is -2.12. The Morgan fingerprint density at radius 2 is 1.52 bits per heavy atom. The number of hydrogen-bond donors (Lipinski definition) is 0. The van der Waals surface area contributed by atoms with Gasteiger partial charge in [-0.05, 0) is 23.3 Å². The maximum atomic E-state index is 11.4. The third-order valence-corrected chi connectivity index (χ3v) is 4.38. The summed E-state index contributed by atoms with van der Waals surface area (Å²) >= 11 is 0. The van der Waals surface area contributed by atoms with Gasteiger partial charge in [-0.1, -0.05) is 72.8 Å². The standard InChI is InChI=1S/C23H17NO/c25-16-20-13-7-12-19-15-21(18-10-5-2-6-11-18)22(24-23(19)20)14-17-8-3-1-4-9-17/h1-13,15-16H,14H2. The number of aldehydes is 1. The highest BCUT2D eigenvalue weighted by molar-refractivity contribution is 5.97. The van der Waals surface area contributed by atoms with Crippen molar-refractivity contribution in [3.05, 3.63) is 102 Å². The zero-order valence-corrected chi connectivity index (χ0v) is 13.7. The topological polar surface area (TPSA) is 30.0 Å². The molecule has 0 saturated carbocycles. The lowest BCUT2D eigenvalue weighted by atomic mass is 9.97. The maximum absolute atomic E-state index is 11.4. The number of carbonyl (C=O) groups excluding carboxylic acids is 1. The Morgan fingerprint density at radius 3 is 2.24 bits per heavy atom. The summed E-state index contributed by atoms with van der Waals surface area (Å²) in [4.78, 5) is 16.3. The minimum absolute atomic E-state index is 0.631. The Hall–Kier alpha value is -3.26. The first-order chi connectivity index (χ1) is 12.3. The summed E-state index contributed by atoms with van der Waals surface area (Å²) in [6, 6.07) is 28.4. The van der Waals surface area contributed by atoms with Crippen molar-refractivity contribution in [3.8, 4) is 11.1 Å². The minimum atomic E-state index is 0.631. The van der Waals surface area contributed by atoms with Crippen molar-refractivity contribution < 1.29 is 4.79 Å². The highest BCUT2D eigenvalue weighted by Crippen LogP contribution is 2.29. The van der Waals surface area contributed by atoms with Crippen LogP contribution in [-0.2, 0) is 6.42 Å². The largest absolute Gasteiger partial charge is 0.298 e. The first-order valence-electron chi connectivity index (χ1n) is 8.32. The minimum Gasteiger partial charge on any atom is -0.298 e. The highest BCUT2D eigenvalue weighted by atomic mass is 16.1. The van der Waals surface area contributed by atoms with Crippen LogP contribution in [0, 0.1) is 0 Å². The molecule has 0 bridgehead atoms. The molecule has 0 aliphatic carbocycles. The van der Waals surface area contributed by atoms with Gasteiger partial charge in [0.15, 0.2) is 6.29 Å². The molecule has 0 amide bonds. The molecule has 120 valence electrons. The quantitative estimate of drug-likeness (QED) is 0.477. The van der Waals surface area contributed by atoms with Crippen LogP contribution < -0.4 is 0 Å². The van der Waals surface area contributed by atoms with Crippen LogP contribution in [0.15, 0.2) is 84.9 Å². The molecular weight excluding hydrogens is 306 g/mol. The first-order valence-corrected chi connectivity index (χ1v) is 8.32. The van der Waals surface area contributed by atoms with E-state index in [1.165, 1.54) is 5.56 Å². The molecule has 25 heavy (non-hydrogen) atoms. The fraction of sp³-hybridized carbons (Fsp3) is 0.0435. The number of rotatable bonds is 4. The molecule has 0 aliphatic rings. The third kappa shape index (κ3) is 3.07. The van der Waals surface area contributed by atoms with Gasteiger partial charge >= 0.3 is 0 Å². The van der Waals surface area contributed by atoms with Gasteiger partial charge in [0.1, 0.15) is 0 Å². The highest BCUT2D eigenvalue weighted by Gasteiger charge is 2.12. The van der Waals surface area contributed by atoms with Crippen LogP contribution in [0.2, 0.25) is 0 Å². The van der Waals surface area contributed by atoms with Gasteiger partial charge in [0.05, 0.1) is 11.2 Å². The summed E-state index contributed by atoms with van der Waals surface area (Å²) in [6.45, 7) is 0. The van der Waals surface area contributed by atoms with E-state index in [0.717, 1.165) is 40.4 Å². The summed E-state index contributed by atoms with van der Waals surface area (Å²) in [7, 11) is 0. The number of para-hydroxylation sites is 1. The number of benzene rings is 3. The molecule has 0 N–H and O–H groups in total. The Bertz CT molecular complexity index is 1020. The van der Waals surface area contributed by atoms with Crippen LogP contribution in [0.25, 0.3) is 22.0 Å². The summed E-state index contributed by atoms with van der Waals surface area (Å²) in [5.74, 6) is 0. The summed E-state index contributed by atoms with van der Waals surface area (Å²) in [5, 5.41) is 0.986. The molecule has 0 aliphatic heterocycles. The van der Waals surface area contributed by atoms with E-state index in [2.05, 4.69) is 30.3 Å². The van der Waals surface area contributed by atoms with E-state index in [9.17, 15) is 4.79 Å². The van der Waals surface area contributed by atoms with Crippen molar-refractivity contribution in [1.29, 1.82) is 0 Å². The second kappa shape index (κ2) is 6.70. The molecule has 0 unspecified atom stereocenters. The van der Waals surface area contributed by atoms with E-state index in [1.807, 2.05) is 54.6 Å². The molecule has 3 aromatic carbocycles. The van der Waals surface area contributed by atoms with Crippen LogP contribution in [0.5, 0.6) is 0 Å². The second-order valence-corrected chi connectivity index (χ2v) is 6.05. The molecule has 4 aromatic rings. The predicted octanol–water partition coefficient (Wildman–Crippen LogP) is 5.31. The van der Waals surface area contributed by atoms with Crippen molar-refractivity contribution >= 4 is 17.2 Å². The number of carbonyl (C=O) groups is 1. The number of pyridine rings is 1. The SMILES string of the molecule is O=Cc1cccc2cc(-c3ccccc3)c(Cc3ccccc3)nc12. The zero-order valence-electron chi connectivity index (χ0n) is 13.7. The average Bonchev–Trinajstić information content (AvgIpc) is 2.68. The van der Waals surface area contributed by atoms with Crippen molar-refractivity contribution in [1.82, 2.24) is 4.98 Å². The Balaban J connectivity index is 1.94. The zero-order chi connectivity index (χ0) is 17.1. The Morgan fingerprint density at radius 1 is 0.800 bits per heavy atom. The van der Waals surface area contributed by atoms with E-state index in [0.29, 0.717) is 5.56 Å². The van der Waals surface area contributed by atoms with Crippen LogP contribution >= 0.6 is 0 Å². The van der Waals surface area contributed by atoms with Crippen molar-refractivity contribution in [3.63, 3.8) is 0 Å². The summed E-state index contributed by atoms with van der Waals surface area (Å²) in [6.07, 6.45) is 1.61. The molecule has 0 spiro atoms. The third-order valence-electron chi connectivity index (χ3n) is 4.38. The molecular formula is C23H17NO. The summed E-state index contributed by atoms with van der Waals surface area (Å²) in [5.41, 5.74) is 5.84. The van der Waals surface area contributed by atoms with Gasteiger partial charge in [-0.2, -0.15) is 0 Å². The second-order valence-electron chi connectivity index (χ2n) is 6.05. The maximum Gasteiger partial charge on any atom is 0.152 e. The van der Waals surface area contributed by atoms with E-state index in [4.69, 9.17) is 4.98 Å². The first kappa shape index (κ1) is 15.3. The van der Waals surface area contributed by atoms with Crippen LogP contribution in [-0.4, -0.2) is 11.3 Å². The number of nitrogens with zero attached hydrogens (tertiary/aromatic N) is 1. The van der Waals surface area contributed by atoms with Gasteiger partial charge in [0, 0.05) is 22.9 Å². The van der Waals surface area contributed by atoms with Gasteiger partial charge in [-0.25, -0.2) is 0 Å². The van der Waals surface area contributed by atoms with E-state index >= 15 is 0 Å². The van der Waals surface area contributed by atoms with E-state index in [1.54, 1.807) is 0 Å². The average molecular weight is 323 g/mol. The molecule has 2 nitrogen and oxygen atoms in total. The smallest absolute Gasteiger partial charge is 0.152 e. The number of fused-ring (bicyclic) bond motifs is 1. The van der Waals surface area contributed by atoms with Crippen molar-refractivity contribution in [2.75, 3.05) is 0 Å².